The van der Waals surface area contributed by atoms with Crippen LogP contribution in [0.3, 0.4) is 0 Å². The normalized spacial score (nSPS) is 20.9. The van der Waals surface area contributed by atoms with Crippen LogP contribution >= 0.6 is 0 Å². The number of aromatic nitrogens is 2. The van der Waals surface area contributed by atoms with E-state index in [1.165, 1.54) is 42.7 Å². The Morgan fingerprint density at radius 1 is 1.35 bits per heavy atom. The number of nitrogens with zero attached hydrogens (tertiary/aromatic N) is 3. The summed E-state index contributed by atoms with van der Waals surface area (Å²) in [5, 5.41) is 0. The fourth-order valence-corrected chi connectivity index (χ4v) is 3.50. The van der Waals surface area contributed by atoms with Gasteiger partial charge in [0.15, 0.2) is 0 Å². The Kier molecular flexibility index (Phi) is 3.79. The van der Waals surface area contributed by atoms with Gasteiger partial charge in [-0.05, 0) is 51.8 Å². The molecule has 0 N–H and O–H groups in total. The minimum Gasteiger partial charge on any atom is -0.303 e. The molecule has 0 saturated carbocycles. The molecule has 1 atom stereocenters. The summed E-state index contributed by atoms with van der Waals surface area (Å²) in [6, 6.07) is 5.55. The average molecular weight is 271 g/mol. The SMILES string of the molecule is Cc1cccn2c(CC3CCCCN3C(C)C)ncc12. The molecule has 0 amide bonds. The van der Waals surface area contributed by atoms with Crippen molar-refractivity contribution in [3.63, 3.8) is 0 Å². The minimum atomic E-state index is 0.633. The van der Waals surface area contributed by atoms with Crippen molar-refractivity contribution in [2.24, 2.45) is 0 Å². The number of hydrogen-bond acceptors (Lipinski definition) is 2. The maximum Gasteiger partial charge on any atom is 0.114 e. The number of imidazole rings is 1. The largest absolute Gasteiger partial charge is 0.303 e. The van der Waals surface area contributed by atoms with Crippen molar-refractivity contribution in [1.82, 2.24) is 14.3 Å². The lowest BCUT2D eigenvalue weighted by molar-refractivity contribution is 0.110. The zero-order valence-corrected chi connectivity index (χ0v) is 12.8. The third kappa shape index (κ3) is 2.47. The van der Waals surface area contributed by atoms with E-state index in [1.54, 1.807) is 0 Å². The van der Waals surface area contributed by atoms with Gasteiger partial charge in [-0.1, -0.05) is 12.5 Å². The Morgan fingerprint density at radius 2 is 2.20 bits per heavy atom. The summed E-state index contributed by atoms with van der Waals surface area (Å²) < 4.78 is 2.27. The molecule has 2 aromatic heterocycles. The molecule has 3 nitrogen and oxygen atoms in total. The van der Waals surface area contributed by atoms with Crippen molar-refractivity contribution in [3.05, 3.63) is 35.9 Å². The van der Waals surface area contributed by atoms with Gasteiger partial charge in [-0.2, -0.15) is 0 Å². The predicted octanol–water partition coefficient (Wildman–Crippen LogP) is 3.45. The van der Waals surface area contributed by atoms with Gasteiger partial charge in [-0.15, -0.1) is 0 Å². The zero-order valence-electron chi connectivity index (χ0n) is 12.8. The topological polar surface area (TPSA) is 20.5 Å². The van der Waals surface area contributed by atoms with Gasteiger partial charge in [-0.25, -0.2) is 4.98 Å². The molecule has 1 saturated heterocycles. The highest BCUT2D eigenvalue weighted by atomic mass is 15.2. The minimum absolute atomic E-state index is 0.633. The molecule has 0 spiro atoms. The van der Waals surface area contributed by atoms with E-state index < -0.39 is 0 Å². The first-order valence-corrected chi connectivity index (χ1v) is 7.84. The standard InChI is InChI=1S/C17H25N3/c1-13(2)19-9-5-4-8-15(19)11-17-18-12-16-14(3)7-6-10-20(16)17/h6-7,10,12-13,15H,4-5,8-9,11H2,1-3H3. The summed E-state index contributed by atoms with van der Waals surface area (Å²) in [6.07, 6.45) is 9.24. The number of pyridine rings is 1. The van der Waals surface area contributed by atoms with Crippen molar-refractivity contribution >= 4 is 5.52 Å². The summed E-state index contributed by atoms with van der Waals surface area (Å²) >= 11 is 0. The van der Waals surface area contributed by atoms with E-state index in [2.05, 4.69) is 53.4 Å². The average Bonchev–Trinajstić information content (AvgIpc) is 2.84. The predicted molar refractivity (Wildman–Crippen MR) is 83.1 cm³/mol. The molecular weight excluding hydrogens is 246 g/mol. The second kappa shape index (κ2) is 5.57. The summed E-state index contributed by atoms with van der Waals surface area (Å²) in [4.78, 5) is 7.33. The van der Waals surface area contributed by atoms with Crippen LogP contribution < -0.4 is 0 Å². The Labute approximate surface area is 121 Å². The maximum atomic E-state index is 4.68. The van der Waals surface area contributed by atoms with Gasteiger partial charge in [0.05, 0.1) is 11.7 Å². The Hall–Kier alpha value is -1.35. The van der Waals surface area contributed by atoms with Gasteiger partial charge in [0.1, 0.15) is 5.82 Å². The highest BCUT2D eigenvalue weighted by molar-refractivity contribution is 5.53. The molecule has 0 aromatic carbocycles. The number of rotatable bonds is 3. The molecule has 3 heterocycles. The quantitative estimate of drug-likeness (QED) is 0.852. The number of aryl methyl sites for hydroxylation is 1. The molecule has 3 rings (SSSR count). The molecular formula is C17H25N3. The maximum absolute atomic E-state index is 4.68. The molecule has 1 fully saturated rings. The van der Waals surface area contributed by atoms with E-state index in [0.717, 1.165) is 6.42 Å². The van der Waals surface area contributed by atoms with Crippen LogP contribution in [-0.4, -0.2) is 32.9 Å². The summed E-state index contributed by atoms with van der Waals surface area (Å²) in [7, 11) is 0. The van der Waals surface area contributed by atoms with Gasteiger partial charge in [-0.3, -0.25) is 4.90 Å². The highest BCUT2D eigenvalue weighted by Crippen LogP contribution is 2.23. The first-order chi connectivity index (χ1) is 9.66. The van der Waals surface area contributed by atoms with Crippen molar-refractivity contribution in [2.75, 3.05) is 6.54 Å². The molecule has 1 unspecified atom stereocenters. The van der Waals surface area contributed by atoms with E-state index in [1.807, 2.05) is 6.20 Å². The van der Waals surface area contributed by atoms with E-state index in [4.69, 9.17) is 0 Å². The number of likely N-dealkylation sites (tertiary alicyclic amines) is 1. The van der Waals surface area contributed by atoms with Gasteiger partial charge < -0.3 is 4.40 Å². The number of hydrogen-bond donors (Lipinski definition) is 0. The molecule has 0 aliphatic carbocycles. The van der Waals surface area contributed by atoms with Crippen LogP contribution in [0.5, 0.6) is 0 Å². The first-order valence-electron chi connectivity index (χ1n) is 7.84. The molecule has 3 heteroatoms. The summed E-state index contributed by atoms with van der Waals surface area (Å²) in [5.41, 5.74) is 2.55. The third-order valence-electron chi connectivity index (χ3n) is 4.61. The number of fused-ring (bicyclic) bond motifs is 1. The second-order valence-electron chi connectivity index (χ2n) is 6.31. The third-order valence-corrected chi connectivity index (χ3v) is 4.61. The van der Waals surface area contributed by atoms with Crippen LogP contribution in [-0.2, 0) is 6.42 Å². The van der Waals surface area contributed by atoms with Crippen molar-refractivity contribution in [2.45, 2.75) is 58.5 Å². The van der Waals surface area contributed by atoms with Crippen molar-refractivity contribution < 1.29 is 0 Å². The lowest BCUT2D eigenvalue weighted by Crippen LogP contribution is -2.45. The molecule has 20 heavy (non-hydrogen) atoms. The van der Waals surface area contributed by atoms with Crippen LogP contribution in [0, 0.1) is 6.92 Å². The van der Waals surface area contributed by atoms with Gasteiger partial charge >= 0.3 is 0 Å². The van der Waals surface area contributed by atoms with Crippen LogP contribution in [0.4, 0.5) is 0 Å². The highest BCUT2D eigenvalue weighted by Gasteiger charge is 2.25. The molecule has 1 aliphatic rings. The van der Waals surface area contributed by atoms with Gasteiger partial charge in [0, 0.05) is 24.7 Å². The van der Waals surface area contributed by atoms with E-state index in [9.17, 15) is 0 Å². The number of piperidine rings is 1. The summed E-state index contributed by atoms with van der Waals surface area (Å²) in [6.45, 7) is 8.02. The first kappa shape index (κ1) is 13.6. The Bertz CT molecular complexity index is 585. The summed E-state index contributed by atoms with van der Waals surface area (Å²) in [5.74, 6) is 1.21. The zero-order chi connectivity index (χ0) is 14.1. The van der Waals surface area contributed by atoms with E-state index >= 15 is 0 Å². The molecule has 0 radical (unpaired) electrons. The van der Waals surface area contributed by atoms with Gasteiger partial charge in [0.2, 0.25) is 0 Å². The van der Waals surface area contributed by atoms with Crippen LogP contribution in [0.2, 0.25) is 0 Å². The molecule has 0 bridgehead atoms. The van der Waals surface area contributed by atoms with Gasteiger partial charge in [0.25, 0.3) is 0 Å². The monoisotopic (exact) mass is 271 g/mol. The Morgan fingerprint density at radius 3 is 3.00 bits per heavy atom. The molecule has 108 valence electrons. The Balaban J connectivity index is 1.86. The van der Waals surface area contributed by atoms with E-state index in [0.29, 0.717) is 12.1 Å². The van der Waals surface area contributed by atoms with Crippen molar-refractivity contribution in [3.8, 4) is 0 Å². The fourth-order valence-electron chi connectivity index (χ4n) is 3.50. The van der Waals surface area contributed by atoms with Crippen LogP contribution in [0.25, 0.3) is 5.52 Å². The lowest BCUT2D eigenvalue weighted by Gasteiger charge is -2.38. The van der Waals surface area contributed by atoms with E-state index in [-0.39, 0.29) is 0 Å². The smallest absolute Gasteiger partial charge is 0.114 e. The van der Waals surface area contributed by atoms with Crippen LogP contribution in [0.15, 0.2) is 24.5 Å². The fraction of sp³-hybridized carbons (Fsp3) is 0.588. The molecule has 1 aliphatic heterocycles. The van der Waals surface area contributed by atoms with Crippen LogP contribution in [0.1, 0.15) is 44.5 Å². The van der Waals surface area contributed by atoms with Crippen molar-refractivity contribution in [1.29, 1.82) is 0 Å². The lowest BCUT2D eigenvalue weighted by atomic mass is 9.97. The second-order valence-corrected chi connectivity index (χ2v) is 6.31. The molecule has 2 aromatic rings.